The van der Waals surface area contributed by atoms with Gasteiger partial charge in [-0.15, -0.1) is 0 Å². The van der Waals surface area contributed by atoms with Crippen LogP contribution in [0.15, 0.2) is 35.1 Å². The molecule has 3 rings (SSSR count). The summed E-state index contributed by atoms with van der Waals surface area (Å²) in [6.45, 7) is 3.95. The molecule has 0 unspecified atom stereocenters. The molecular formula is C29H30Cl2N2O6. The standard InChI is InChI=1S/C29H30Cl2N2O6/c1-5-6-7-12-39-27-21(30)14-19(15-22(27)31)26(34)25-17(2)20(16-32)28(35)33(29(25)36)11-10-18-8-9-23(37-3)24(13-18)38-4/h8-9,13-15,36H,5-7,10-12H2,1-4H3. The van der Waals surface area contributed by atoms with Crippen molar-refractivity contribution in [2.45, 2.75) is 46.1 Å². The van der Waals surface area contributed by atoms with Crippen LogP contribution >= 0.6 is 23.2 Å². The zero-order valence-corrected chi connectivity index (χ0v) is 23.8. The minimum atomic E-state index is -0.698. The second kappa shape index (κ2) is 13.4. The summed E-state index contributed by atoms with van der Waals surface area (Å²) in [6.07, 6.45) is 3.16. The van der Waals surface area contributed by atoms with Gasteiger partial charge in [0.05, 0.1) is 36.4 Å². The van der Waals surface area contributed by atoms with Crippen molar-refractivity contribution in [2.24, 2.45) is 0 Å². The first-order chi connectivity index (χ1) is 18.7. The molecule has 0 aliphatic heterocycles. The Bertz CT molecular complexity index is 1450. The van der Waals surface area contributed by atoms with Crippen molar-refractivity contribution in [3.05, 3.63) is 78.5 Å². The van der Waals surface area contributed by atoms with E-state index in [1.807, 2.05) is 6.07 Å². The Balaban J connectivity index is 1.99. The molecule has 0 amide bonds. The number of aryl methyl sites for hydroxylation is 1. The number of nitriles is 1. The van der Waals surface area contributed by atoms with E-state index >= 15 is 0 Å². The third kappa shape index (κ3) is 6.49. The van der Waals surface area contributed by atoms with Crippen molar-refractivity contribution in [1.29, 1.82) is 5.26 Å². The van der Waals surface area contributed by atoms with Crippen LogP contribution in [0.2, 0.25) is 10.0 Å². The van der Waals surface area contributed by atoms with E-state index in [9.17, 15) is 20.0 Å². The van der Waals surface area contributed by atoms with Gasteiger partial charge in [-0.2, -0.15) is 5.26 Å². The maximum Gasteiger partial charge on any atom is 0.271 e. The minimum Gasteiger partial charge on any atom is -0.494 e. The number of rotatable bonds is 12. The van der Waals surface area contributed by atoms with Crippen LogP contribution in [0.4, 0.5) is 0 Å². The number of ether oxygens (including phenoxy) is 3. The lowest BCUT2D eigenvalue weighted by Crippen LogP contribution is -2.27. The highest BCUT2D eigenvalue weighted by molar-refractivity contribution is 6.38. The molecule has 0 aliphatic carbocycles. The van der Waals surface area contributed by atoms with Crippen LogP contribution in [0.5, 0.6) is 23.1 Å². The fourth-order valence-corrected chi connectivity index (χ4v) is 4.80. The van der Waals surface area contributed by atoms with Crippen LogP contribution in [-0.4, -0.2) is 36.3 Å². The second-order valence-electron chi connectivity index (χ2n) is 8.86. The predicted molar refractivity (Wildman–Crippen MR) is 150 cm³/mol. The minimum absolute atomic E-state index is 0.00143. The summed E-state index contributed by atoms with van der Waals surface area (Å²) in [4.78, 5) is 26.7. The summed E-state index contributed by atoms with van der Waals surface area (Å²) in [6, 6.07) is 9.94. The SMILES string of the molecule is CCCCCOc1c(Cl)cc(C(=O)c2c(C)c(C#N)c(=O)n(CCc3ccc(OC)c(OC)c3)c2O)cc1Cl. The van der Waals surface area contributed by atoms with Gasteiger partial charge in [0.1, 0.15) is 11.6 Å². The summed E-state index contributed by atoms with van der Waals surface area (Å²) in [5, 5.41) is 21.1. The highest BCUT2D eigenvalue weighted by atomic mass is 35.5. The lowest BCUT2D eigenvalue weighted by Gasteiger charge is -2.17. The van der Waals surface area contributed by atoms with Gasteiger partial charge >= 0.3 is 0 Å². The van der Waals surface area contributed by atoms with Crippen LogP contribution in [0.3, 0.4) is 0 Å². The summed E-state index contributed by atoms with van der Waals surface area (Å²) in [5.41, 5.74) is -0.174. The van der Waals surface area contributed by atoms with E-state index in [1.165, 1.54) is 33.3 Å². The Hall–Kier alpha value is -3.67. The number of nitrogens with zero attached hydrogens (tertiary/aromatic N) is 2. The van der Waals surface area contributed by atoms with Crippen LogP contribution in [-0.2, 0) is 13.0 Å². The van der Waals surface area contributed by atoms with E-state index in [-0.39, 0.29) is 44.6 Å². The summed E-state index contributed by atoms with van der Waals surface area (Å²) < 4.78 is 17.3. The quantitative estimate of drug-likeness (QED) is 0.206. The maximum atomic E-state index is 13.6. The zero-order valence-electron chi connectivity index (χ0n) is 22.3. The second-order valence-corrected chi connectivity index (χ2v) is 9.67. The Morgan fingerprint density at radius 1 is 1.08 bits per heavy atom. The van der Waals surface area contributed by atoms with Crippen LogP contribution < -0.4 is 19.8 Å². The number of ketones is 1. The smallest absolute Gasteiger partial charge is 0.271 e. The van der Waals surface area contributed by atoms with Crippen LogP contribution in [0.1, 0.15) is 58.8 Å². The molecule has 8 nitrogen and oxygen atoms in total. The average molecular weight is 573 g/mol. The van der Waals surface area contributed by atoms with E-state index in [4.69, 9.17) is 37.4 Å². The molecule has 39 heavy (non-hydrogen) atoms. The lowest BCUT2D eigenvalue weighted by molar-refractivity contribution is 0.103. The number of aromatic hydroxyl groups is 1. The Morgan fingerprint density at radius 3 is 2.33 bits per heavy atom. The van der Waals surface area contributed by atoms with Crippen LogP contribution in [0, 0.1) is 18.3 Å². The van der Waals surface area contributed by atoms with Crippen molar-refractivity contribution < 1.29 is 24.1 Å². The summed E-state index contributed by atoms with van der Waals surface area (Å²) in [7, 11) is 3.04. The van der Waals surface area contributed by atoms with Gasteiger partial charge in [-0.25, -0.2) is 0 Å². The molecule has 0 aliphatic rings. The topological polar surface area (TPSA) is 111 Å². The normalized spacial score (nSPS) is 10.7. The number of hydrogen-bond donors (Lipinski definition) is 1. The van der Waals surface area contributed by atoms with Gasteiger partial charge in [0.2, 0.25) is 5.88 Å². The zero-order chi connectivity index (χ0) is 28.7. The van der Waals surface area contributed by atoms with E-state index in [1.54, 1.807) is 18.2 Å². The monoisotopic (exact) mass is 572 g/mol. The molecule has 1 heterocycles. The molecule has 1 N–H and O–H groups in total. The molecule has 0 spiro atoms. The average Bonchev–Trinajstić information content (AvgIpc) is 2.92. The number of methoxy groups -OCH3 is 2. The number of pyridine rings is 1. The fourth-order valence-electron chi connectivity index (χ4n) is 4.21. The number of benzene rings is 2. The maximum absolute atomic E-state index is 13.6. The fraction of sp³-hybridized carbons (Fsp3) is 0.345. The highest BCUT2D eigenvalue weighted by Crippen LogP contribution is 2.36. The molecule has 0 fully saturated rings. The molecule has 3 aromatic rings. The molecular weight excluding hydrogens is 543 g/mol. The Kier molecular flexibility index (Phi) is 10.3. The van der Waals surface area contributed by atoms with Gasteiger partial charge in [0.25, 0.3) is 5.56 Å². The summed E-state index contributed by atoms with van der Waals surface area (Å²) in [5.74, 6) is 0.142. The van der Waals surface area contributed by atoms with Crippen molar-refractivity contribution in [2.75, 3.05) is 20.8 Å². The first-order valence-electron chi connectivity index (χ1n) is 12.4. The van der Waals surface area contributed by atoms with Gasteiger partial charge < -0.3 is 19.3 Å². The van der Waals surface area contributed by atoms with E-state index in [2.05, 4.69) is 6.92 Å². The largest absolute Gasteiger partial charge is 0.494 e. The van der Waals surface area contributed by atoms with Gasteiger partial charge in [0.15, 0.2) is 23.0 Å². The van der Waals surface area contributed by atoms with Gasteiger partial charge in [-0.3, -0.25) is 14.2 Å². The van der Waals surface area contributed by atoms with Crippen molar-refractivity contribution in [3.8, 4) is 29.2 Å². The van der Waals surface area contributed by atoms with Gasteiger partial charge in [-0.1, -0.05) is 49.0 Å². The van der Waals surface area contributed by atoms with Gasteiger partial charge in [0, 0.05) is 12.1 Å². The number of aromatic nitrogens is 1. The predicted octanol–water partition coefficient (Wildman–Crippen LogP) is 6.10. The molecule has 206 valence electrons. The number of carbonyl (C=O) groups excluding carboxylic acids is 1. The molecule has 0 saturated heterocycles. The third-order valence-corrected chi connectivity index (χ3v) is 6.92. The van der Waals surface area contributed by atoms with E-state index in [0.29, 0.717) is 24.5 Å². The summed E-state index contributed by atoms with van der Waals surface area (Å²) >= 11 is 12.8. The van der Waals surface area contributed by atoms with Crippen molar-refractivity contribution >= 4 is 29.0 Å². The molecule has 2 aromatic carbocycles. The molecule has 0 radical (unpaired) electrons. The third-order valence-electron chi connectivity index (χ3n) is 6.35. The Morgan fingerprint density at radius 2 is 1.74 bits per heavy atom. The molecule has 0 saturated carbocycles. The molecule has 10 heteroatoms. The van der Waals surface area contributed by atoms with Crippen molar-refractivity contribution in [3.63, 3.8) is 0 Å². The van der Waals surface area contributed by atoms with Crippen LogP contribution in [0.25, 0.3) is 0 Å². The highest BCUT2D eigenvalue weighted by Gasteiger charge is 2.26. The van der Waals surface area contributed by atoms with Crippen molar-refractivity contribution in [1.82, 2.24) is 4.57 Å². The first-order valence-corrected chi connectivity index (χ1v) is 13.2. The number of unbranched alkanes of at least 4 members (excludes halogenated alkanes) is 2. The molecule has 1 aromatic heterocycles. The Labute approximate surface area is 237 Å². The number of halogens is 2. The number of carbonyl (C=O) groups is 1. The lowest BCUT2D eigenvalue weighted by atomic mass is 9.97. The molecule has 0 bridgehead atoms. The van der Waals surface area contributed by atoms with Gasteiger partial charge in [-0.05, 0) is 55.2 Å². The number of hydrogen-bond acceptors (Lipinski definition) is 7. The van der Waals surface area contributed by atoms with E-state index in [0.717, 1.165) is 29.4 Å². The molecule has 0 atom stereocenters. The first kappa shape index (κ1) is 29.9. The van der Waals surface area contributed by atoms with E-state index < -0.39 is 17.2 Å².